The van der Waals surface area contributed by atoms with Crippen LogP contribution in [0.2, 0.25) is 0 Å². The van der Waals surface area contributed by atoms with Gasteiger partial charge in [-0.1, -0.05) is 48.5 Å². The number of alkyl carbamates (subject to hydrolysis) is 1. The molecule has 0 saturated carbocycles. The molecule has 4 N–H and O–H groups in total. The van der Waals surface area contributed by atoms with Gasteiger partial charge in [0.15, 0.2) is 0 Å². The molecule has 2 aromatic carbocycles. The Hall–Kier alpha value is -3.92. The lowest BCUT2D eigenvalue weighted by Gasteiger charge is -2.17. The average molecular weight is 470 g/mol. The first-order valence-corrected chi connectivity index (χ1v) is 10.7. The highest BCUT2D eigenvalue weighted by Gasteiger charge is 2.29. The molecule has 0 aliphatic heterocycles. The van der Waals surface area contributed by atoms with Crippen molar-refractivity contribution in [3.8, 4) is 11.1 Å². The number of carbonyl (C=O) groups is 4. The van der Waals surface area contributed by atoms with Gasteiger partial charge in [-0.05, 0) is 22.3 Å². The first-order valence-electron chi connectivity index (χ1n) is 10.7. The summed E-state index contributed by atoms with van der Waals surface area (Å²) in [6.45, 7) is -0.177. The topological polar surface area (TPSA) is 151 Å². The number of aliphatic hydroxyl groups is 1. The van der Waals surface area contributed by atoms with Crippen LogP contribution in [-0.2, 0) is 23.9 Å². The molecule has 10 heteroatoms. The molecule has 2 atom stereocenters. The lowest BCUT2D eigenvalue weighted by Crippen LogP contribution is -2.44. The van der Waals surface area contributed by atoms with Crippen LogP contribution in [0.4, 0.5) is 4.79 Å². The minimum absolute atomic E-state index is 0.101. The number of methoxy groups -OCH3 is 1. The van der Waals surface area contributed by atoms with Gasteiger partial charge in [0, 0.05) is 12.5 Å². The van der Waals surface area contributed by atoms with Crippen molar-refractivity contribution in [1.29, 1.82) is 0 Å². The molecule has 0 fully saturated rings. The Bertz CT molecular complexity index is 1020. The zero-order valence-electron chi connectivity index (χ0n) is 18.5. The normalized spacial score (nSPS) is 13.7. The molecular weight excluding hydrogens is 444 g/mol. The van der Waals surface area contributed by atoms with Crippen molar-refractivity contribution >= 4 is 23.9 Å². The van der Waals surface area contributed by atoms with E-state index in [1.165, 1.54) is 0 Å². The number of ether oxygens (including phenoxy) is 2. The molecule has 0 spiro atoms. The minimum atomic E-state index is -1.48. The van der Waals surface area contributed by atoms with E-state index in [2.05, 4.69) is 15.4 Å². The zero-order chi connectivity index (χ0) is 24.7. The molecule has 0 radical (unpaired) electrons. The van der Waals surface area contributed by atoms with Crippen LogP contribution in [0.1, 0.15) is 29.9 Å². The van der Waals surface area contributed by atoms with Gasteiger partial charge < -0.3 is 30.3 Å². The monoisotopic (exact) mass is 470 g/mol. The summed E-state index contributed by atoms with van der Waals surface area (Å²) in [4.78, 5) is 46.6. The fourth-order valence-corrected chi connectivity index (χ4v) is 3.84. The molecule has 0 saturated heterocycles. The van der Waals surface area contributed by atoms with Crippen LogP contribution in [0.3, 0.4) is 0 Å². The van der Waals surface area contributed by atoms with Gasteiger partial charge in [-0.3, -0.25) is 9.59 Å². The number of carbonyl (C=O) groups excluding carboxylic acids is 3. The molecule has 2 amide bonds. The summed E-state index contributed by atoms with van der Waals surface area (Å²) in [5, 5.41) is 23.6. The summed E-state index contributed by atoms with van der Waals surface area (Å²) in [7, 11) is 1.10. The molecule has 10 nitrogen and oxygen atoms in total. The summed E-state index contributed by atoms with van der Waals surface area (Å²) < 4.78 is 9.75. The van der Waals surface area contributed by atoms with Crippen molar-refractivity contribution < 1.29 is 38.9 Å². The predicted molar refractivity (Wildman–Crippen MR) is 120 cm³/mol. The van der Waals surface area contributed by atoms with Gasteiger partial charge in [0.05, 0.1) is 26.1 Å². The first-order chi connectivity index (χ1) is 16.3. The van der Waals surface area contributed by atoms with Gasteiger partial charge in [0.1, 0.15) is 12.6 Å². The molecule has 0 heterocycles. The highest BCUT2D eigenvalue weighted by Crippen LogP contribution is 2.44. The van der Waals surface area contributed by atoms with Crippen LogP contribution in [0.15, 0.2) is 48.5 Å². The zero-order valence-corrected chi connectivity index (χ0v) is 18.5. The van der Waals surface area contributed by atoms with Crippen LogP contribution in [0.5, 0.6) is 0 Å². The number of hydrogen-bond donors (Lipinski definition) is 4. The third-order valence-corrected chi connectivity index (χ3v) is 5.48. The fourth-order valence-electron chi connectivity index (χ4n) is 3.84. The standard InChI is InChI=1S/C24H26N2O8/c1-33-22(29)11-20(23(30)31)26-21(28)10-14(27)12-25-24(32)34-13-19-17-8-4-2-6-15(17)16-7-3-5-9-18(16)19/h2-9,14,19-20,27H,10-13H2,1H3,(H,25,32)(H,26,28)(H,30,31)/t14?,20-/m0/s1. The average Bonchev–Trinajstić information content (AvgIpc) is 3.14. The Labute approximate surface area is 195 Å². The van der Waals surface area contributed by atoms with Crippen LogP contribution in [0.25, 0.3) is 11.1 Å². The molecule has 1 unspecified atom stereocenters. The van der Waals surface area contributed by atoms with Gasteiger partial charge in [0.2, 0.25) is 5.91 Å². The van der Waals surface area contributed by atoms with Crippen LogP contribution in [-0.4, -0.2) is 66.6 Å². The van der Waals surface area contributed by atoms with E-state index in [1.807, 2.05) is 48.5 Å². The van der Waals surface area contributed by atoms with Crippen molar-refractivity contribution in [3.63, 3.8) is 0 Å². The van der Waals surface area contributed by atoms with E-state index in [1.54, 1.807) is 0 Å². The number of rotatable bonds is 10. The highest BCUT2D eigenvalue weighted by molar-refractivity contribution is 5.87. The van der Waals surface area contributed by atoms with Crippen LogP contribution in [0, 0.1) is 0 Å². The molecule has 0 aromatic heterocycles. The molecule has 0 bridgehead atoms. The number of hydrogen-bond acceptors (Lipinski definition) is 7. The molecule has 1 aliphatic carbocycles. The van der Waals surface area contributed by atoms with E-state index < -0.39 is 48.9 Å². The van der Waals surface area contributed by atoms with Crippen molar-refractivity contribution in [2.75, 3.05) is 20.3 Å². The Morgan fingerprint density at radius 2 is 1.56 bits per heavy atom. The number of nitrogens with one attached hydrogen (secondary N) is 2. The maximum absolute atomic E-state index is 12.2. The van der Waals surface area contributed by atoms with Crippen molar-refractivity contribution in [3.05, 3.63) is 59.7 Å². The van der Waals surface area contributed by atoms with E-state index in [0.29, 0.717) is 0 Å². The van der Waals surface area contributed by atoms with Crippen LogP contribution >= 0.6 is 0 Å². The third kappa shape index (κ3) is 6.10. The number of aliphatic hydroxyl groups excluding tert-OH is 1. The van der Waals surface area contributed by atoms with E-state index in [0.717, 1.165) is 29.4 Å². The number of aliphatic carboxylic acids is 1. The SMILES string of the molecule is COC(=O)C[C@H](NC(=O)CC(O)CNC(=O)OCC1c2ccccc2-c2ccccc21)C(=O)O. The number of carboxylic acid groups (broad SMARTS) is 1. The molecule has 3 rings (SSSR count). The summed E-state index contributed by atoms with van der Waals surface area (Å²) in [6.07, 6.45) is -3.07. The molecule has 34 heavy (non-hydrogen) atoms. The number of carboxylic acids is 1. The van der Waals surface area contributed by atoms with Gasteiger partial charge in [-0.25, -0.2) is 9.59 Å². The third-order valence-electron chi connectivity index (χ3n) is 5.48. The largest absolute Gasteiger partial charge is 0.480 e. The number of benzene rings is 2. The van der Waals surface area contributed by atoms with Crippen molar-refractivity contribution in [2.24, 2.45) is 0 Å². The number of esters is 1. The van der Waals surface area contributed by atoms with E-state index in [9.17, 15) is 24.3 Å². The lowest BCUT2D eigenvalue weighted by atomic mass is 9.98. The minimum Gasteiger partial charge on any atom is -0.480 e. The lowest BCUT2D eigenvalue weighted by molar-refractivity contribution is -0.148. The summed E-state index contributed by atoms with van der Waals surface area (Å²) in [6, 6.07) is 14.3. The number of fused-ring (bicyclic) bond motifs is 3. The van der Waals surface area contributed by atoms with Gasteiger partial charge in [0.25, 0.3) is 0 Å². The Morgan fingerprint density at radius 3 is 2.12 bits per heavy atom. The van der Waals surface area contributed by atoms with Gasteiger partial charge >= 0.3 is 18.0 Å². The molecular formula is C24H26N2O8. The maximum atomic E-state index is 12.2. The Morgan fingerprint density at radius 1 is 0.971 bits per heavy atom. The predicted octanol–water partition coefficient (Wildman–Crippen LogP) is 1.41. The molecule has 2 aromatic rings. The highest BCUT2D eigenvalue weighted by atomic mass is 16.5. The Kier molecular flexibility index (Phi) is 8.20. The second-order valence-corrected chi connectivity index (χ2v) is 7.80. The number of amides is 2. The van der Waals surface area contributed by atoms with Crippen molar-refractivity contribution in [2.45, 2.75) is 30.9 Å². The van der Waals surface area contributed by atoms with E-state index in [-0.39, 0.29) is 19.1 Å². The van der Waals surface area contributed by atoms with Crippen molar-refractivity contribution in [1.82, 2.24) is 10.6 Å². The first kappa shape index (κ1) is 24.7. The van der Waals surface area contributed by atoms with E-state index in [4.69, 9.17) is 9.84 Å². The second kappa shape index (κ2) is 11.3. The maximum Gasteiger partial charge on any atom is 0.407 e. The second-order valence-electron chi connectivity index (χ2n) is 7.80. The smallest absolute Gasteiger partial charge is 0.407 e. The van der Waals surface area contributed by atoms with Gasteiger partial charge in [-0.15, -0.1) is 0 Å². The van der Waals surface area contributed by atoms with Gasteiger partial charge in [-0.2, -0.15) is 0 Å². The van der Waals surface area contributed by atoms with E-state index >= 15 is 0 Å². The van der Waals surface area contributed by atoms with Crippen LogP contribution < -0.4 is 10.6 Å². The summed E-state index contributed by atoms with van der Waals surface area (Å²) in [5.41, 5.74) is 4.32. The summed E-state index contributed by atoms with van der Waals surface area (Å²) in [5.74, 6) is -3.12. The fraction of sp³-hybridized carbons (Fsp3) is 0.333. The molecule has 1 aliphatic rings. The summed E-state index contributed by atoms with van der Waals surface area (Å²) >= 11 is 0. The molecule has 180 valence electrons. The Balaban J connectivity index is 1.46. The quantitative estimate of drug-likeness (QED) is 0.381.